The van der Waals surface area contributed by atoms with Crippen LogP contribution in [0.3, 0.4) is 0 Å². The van der Waals surface area contributed by atoms with Crippen LogP contribution in [0.25, 0.3) is 0 Å². The third kappa shape index (κ3) is 4.53. The van der Waals surface area contributed by atoms with Gasteiger partial charge in [0.25, 0.3) is 0 Å². The zero-order valence-corrected chi connectivity index (χ0v) is 12.7. The van der Waals surface area contributed by atoms with Crippen LogP contribution in [0.2, 0.25) is 0 Å². The smallest absolute Gasteiger partial charge is 0.221 e. The van der Waals surface area contributed by atoms with Crippen molar-refractivity contribution < 1.29 is 13.6 Å². The van der Waals surface area contributed by atoms with Crippen LogP contribution in [-0.4, -0.2) is 12.2 Å². The monoisotopic (exact) mass is 308 g/mol. The molecule has 112 valence electrons. The summed E-state index contributed by atoms with van der Waals surface area (Å²) in [6.45, 7) is 1.84. The Balaban J connectivity index is 2.00. The van der Waals surface area contributed by atoms with Gasteiger partial charge in [0.15, 0.2) is 0 Å². The maximum absolute atomic E-state index is 13.5. The normalized spacial score (nSPS) is 10.4. The number of furan rings is 1. The lowest BCUT2D eigenvalue weighted by Gasteiger charge is -2.08. The fraction of sp³-hybridized carbons (Fsp3) is 0.267. The van der Waals surface area contributed by atoms with Crippen molar-refractivity contribution in [3.63, 3.8) is 0 Å². The summed E-state index contributed by atoms with van der Waals surface area (Å²) in [5.41, 5.74) is 0.873. The molecule has 0 saturated carbocycles. The van der Waals surface area contributed by atoms with Crippen LogP contribution < -0.4 is 10.6 Å². The number of rotatable bonds is 6. The molecule has 1 aromatic carbocycles. The Hall–Kier alpha value is -1.95. The topological polar surface area (TPSA) is 54.3 Å². The van der Waals surface area contributed by atoms with Gasteiger partial charge in [0.05, 0.1) is 18.0 Å². The number of nitrogens with one attached hydrogen (secondary N) is 2. The minimum Gasteiger partial charge on any atom is -0.463 e. The van der Waals surface area contributed by atoms with E-state index in [0.717, 1.165) is 17.3 Å². The molecule has 2 N–H and O–H groups in total. The molecular weight excluding hydrogens is 291 g/mol. The Morgan fingerprint density at radius 3 is 2.76 bits per heavy atom. The average molecular weight is 308 g/mol. The van der Waals surface area contributed by atoms with Crippen molar-refractivity contribution >= 4 is 29.0 Å². The van der Waals surface area contributed by atoms with Gasteiger partial charge in [-0.25, -0.2) is 4.39 Å². The van der Waals surface area contributed by atoms with Gasteiger partial charge in [0.2, 0.25) is 5.91 Å². The molecule has 0 fully saturated rings. The number of thioether (sulfide) groups is 1. The van der Waals surface area contributed by atoms with E-state index in [4.69, 9.17) is 4.42 Å². The predicted octanol–water partition coefficient (Wildman–Crippen LogP) is 3.85. The first-order valence-electron chi connectivity index (χ1n) is 6.46. The summed E-state index contributed by atoms with van der Waals surface area (Å²) in [4.78, 5) is 11.0. The van der Waals surface area contributed by atoms with Crippen LogP contribution in [0.5, 0.6) is 0 Å². The van der Waals surface area contributed by atoms with Crippen LogP contribution in [0.15, 0.2) is 34.7 Å². The van der Waals surface area contributed by atoms with Crippen molar-refractivity contribution in [2.75, 3.05) is 16.9 Å². The average Bonchev–Trinajstić information content (AvgIpc) is 2.87. The molecule has 0 aliphatic rings. The number of anilines is 2. The maximum Gasteiger partial charge on any atom is 0.221 e. The molecule has 0 atom stereocenters. The van der Waals surface area contributed by atoms with Gasteiger partial charge in [0, 0.05) is 12.6 Å². The first-order chi connectivity index (χ1) is 10.1. The number of halogens is 1. The third-order valence-electron chi connectivity index (χ3n) is 2.75. The van der Waals surface area contributed by atoms with Crippen molar-refractivity contribution in [2.45, 2.75) is 19.2 Å². The molecule has 4 nitrogen and oxygen atoms in total. The van der Waals surface area contributed by atoms with Crippen molar-refractivity contribution in [1.29, 1.82) is 0 Å². The minimum absolute atomic E-state index is 0.162. The molecule has 1 amide bonds. The van der Waals surface area contributed by atoms with Crippen LogP contribution in [0.4, 0.5) is 15.8 Å². The number of benzene rings is 1. The van der Waals surface area contributed by atoms with Crippen LogP contribution in [-0.2, 0) is 17.1 Å². The maximum atomic E-state index is 13.5. The molecule has 0 bridgehead atoms. The van der Waals surface area contributed by atoms with E-state index in [-0.39, 0.29) is 11.6 Å². The lowest BCUT2D eigenvalue weighted by Crippen LogP contribution is -2.08. The van der Waals surface area contributed by atoms with E-state index in [1.165, 1.54) is 13.0 Å². The van der Waals surface area contributed by atoms with E-state index in [1.54, 1.807) is 23.9 Å². The molecule has 0 aliphatic heterocycles. The molecule has 1 heterocycles. The molecule has 0 aliphatic carbocycles. The van der Waals surface area contributed by atoms with Crippen molar-refractivity contribution in [3.8, 4) is 0 Å². The van der Waals surface area contributed by atoms with Gasteiger partial charge in [-0.05, 0) is 36.6 Å². The SMILES string of the molecule is CSCc1ccc(CNc2ccc(F)c(NC(C)=O)c2)o1. The van der Waals surface area contributed by atoms with E-state index in [9.17, 15) is 9.18 Å². The highest BCUT2D eigenvalue weighted by molar-refractivity contribution is 7.97. The summed E-state index contributed by atoms with van der Waals surface area (Å²) in [6.07, 6.45) is 2.02. The predicted molar refractivity (Wildman–Crippen MR) is 84.0 cm³/mol. The number of carbonyl (C=O) groups is 1. The second-order valence-corrected chi connectivity index (χ2v) is 5.40. The summed E-state index contributed by atoms with van der Waals surface area (Å²) in [5.74, 6) is 1.81. The molecule has 21 heavy (non-hydrogen) atoms. The highest BCUT2D eigenvalue weighted by atomic mass is 32.2. The molecule has 2 aromatic rings. The summed E-state index contributed by atoms with van der Waals surface area (Å²) in [6, 6.07) is 8.35. The Bertz CT molecular complexity index is 628. The Labute approximate surface area is 127 Å². The quantitative estimate of drug-likeness (QED) is 0.851. The number of amides is 1. The first kappa shape index (κ1) is 15.4. The lowest BCUT2D eigenvalue weighted by atomic mass is 10.2. The molecule has 0 radical (unpaired) electrons. The molecule has 0 unspecified atom stereocenters. The second kappa shape index (κ2) is 7.17. The van der Waals surface area contributed by atoms with Gasteiger partial charge in [-0.1, -0.05) is 0 Å². The Kier molecular flexibility index (Phi) is 5.27. The summed E-state index contributed by atoms with van der Waals surface area (Å²) < 4.78 is 19.2. The van der Waals surface area contributed by atoms with Gasteiger partial charge in [-0.2, -0.15) is 11.8 Å². The summed E-state index contributed by atoms with van der Waals surface area (Å²) in [7, 11) is 0. The van der Waals surface area contributed by atoms with Crippen LogP contribution in [0, 0.1) is 5.82 Å². The van der Waals surface area contributed by atoms with Crippen LogP contribution >= 0.6 is 11.8 Å². The molecule has 0 spiro atoms. The van der Waals surface area contributed by atoms with E-state index in [0.29, 0.717) is 12.2 Å². The number of hydrogen-bond donors (Lipinski definition) is 2. The standard InChI is InChI=1S/C15H17FN2O2S/c1-10(19)18-15-7-11(3-6-14(15)16)17-8-12-4-5-13(20-12)9-21-2/h3-7,17H,8-9H2,1-2H3,(H,18,19). The van der Waals surface area contributed by atoms with Gasteiger partial charge < -0.3 is 15.1 Å². The van der Waals surface area contributed by atoms with E-state index >= 15 is 0 Å². The summed E-state index contributed by atoms with van der Waals surface area (Å²) in [5, 5.41) is 5.59. The zero-order valence-electron chi connectivity index (χ0n) is 11.9. The molecule has 1 aromatic heterocycles. The molecule has 6 heteroatoms. The van der Waals surface area contributed by atoms with Crippen molar-refractivity contribution in [2.24, 2.45) is 0 Å². The fourth-order valence-corrected chi connectivity index (χ4v) is 2.29. The van der Waals surface area contributed by atoms with Gasteiger partial charge in [0.1, 0.15) is 17.3 Å². The van der Waals surface area contributed by atoms with Gasteiger partial charge in [-0.15, -0.1) is 0 Å². The molecule has 2 rings (SSSR count). The second-order valence-electron chi connectivity index (χ2n) is 4.53. The van der Waals surface area contributed by atoms with E-state index in [1.807, 2.05) is 18.4 Å². The zero-order chi connectivity index (χ0) is 15.2. The highest BCUT2D eigenvalue weighted by Crippen LogP contribution is 2.21. The van der Waals surface area contributed by atoms with Gasteiger partial charge in [-0.3, -0.25) is 4.79 Å². The number of hydrogen-bond acceptors (Lipinski definition) is 4. The Morgan fingerprint density at radius 1 is 1.29 bits per heavy atom. The first-order valence-corrected chi connectivity index (χ1v) is 7.85. The van der Waals surface area contributed by atoms with Gasteiger partial charge >= 0.3 is 0 Å². The third-order valence-corrected chi connectivity index (χ3v) is 3.32. The van der Waals surface area contributed by atoms with Crippen LogP contribution in [0.1, 0.15) is 18.4 Å². The minimum atomic E-state index is -0.462. The van der Waals surface area contributed by atoms with Crippen molar-refractivity contribution in [1.82, 2.24) is 0 Å². The summed E-state index contributed by atoms with van der Waals surface area (Å²) >= 11 is 1.70. The molecular formula is C15H17FN2O2S. The lowest BCUT2D eigenvalue weighted by molar-refractivity contribution is -0.114. The van der Waals surface area contributed by atoms with Crippen molar-refractivity contribution in [3.05, 3.63) is 47.7 Å². The fourth-order valence-electron chi connectivity index (χ4n) is 1.85. The largest absolute Gasteiger partial charge is 0.463 e. The van der Waals surface area contributed by atoms with E-state index in [2.05, 4.69) is 10.6 Å². The Morgan fingerprint density at radius 2 is 2.05 bits per heavy atom. The highest BCUT2D eigenvalue weighted by Gasteiger charge is 2.06. The van der Waals surface area contributed by atoms with E-state index < -0.39 is 5.82 Å². The molecule has 0 saturated heterocycles. The number of carbonyl (C=O) groups excluding carboxylic acids is 1.